The number of pyridine rings is 1. The van der Waals surface area contributed by atoms with E-state index in [0.717, 1.165) is 5.82 Å². The van der Waals surface area contributed by atoms with Crippen molar-refractivity contribution < 1.29 is 0 Å². The minimum Gasteiger partial charge on any atom is -0.396 e. The summed E-state index contributed by atoms with van der Waals surface area (Å²) in [4.78, 5) is 4.13. The smallest absolute Gasteiger partial charge is 0.149 e. The van der Waals surface area contributed by atoms with E-state index >= 15 is 0 Å². The average molecular weight is 198 g/mol. The monoisotopic (exact) mass is 197 g/mol. The van der Waals surface area contributed by atoms with E-state index in [1.807, 2.05) is 0 Å². The first-order valence-corrected chi connectivity index (χ1v) is 4.81. The third kappa shape index (κ3) is 1.86. The van der Waals surface area contributed by atoms with Gasteiger partial charge >= 0.3 is 0 Å². The lowest BCUT2D eigenvalue weighted by Gasteiger charge is -2.27. The molecule has 4 heteroatoms. The van der Waals surface area contributed by atoms with Crippen molar-refractivity contribution in [1.29, 1.82) is 0 Å². The van der Waals surface area contributed by atoms with E-state index < -0.39 is 0 Å². The summed E-state index contributed by atoms with van der Waals surface area (Å²) in [6.45, 7) is 0. The highest BCUT2D eigenvalue weighted by molar-refractivity contribution is 6.30. The summed E-state index contributed by atoms with van der Waals surface area (Å²) in [7, 11) is 0. The van der Waals surface area contributed by atoms with Crippen LogP contribution in [-0.2, 0) is 0 Å². The fourth-order valence-corrected chi connectivity index (χ4v) is 1.49. The fraction of sp³-hybridized carbons (Fsp3) is 0.444. The Labute approximate surface area is 82.3 Å². The van der Waals surface area contributed by atoms with Gasteiger partial charge in [0.1, 0.15) is 5.82 Å². The Morgan fingerprint density at radius 2 is 2.31 bits per heavy atom. The van der Waals surface area contributed by atoms with E-state index in [0.29, 0.717) is 16.8 Å². The average Bonchev–Trinajstić information content (AvgIpc) is 1.99. The number of aromatic nitrogens is 1. The molecule has 1 aliphatic rings. The van der Waals surface area contributed by atoms with Crippen LogP contribution in [0.3, 0.4) is 0 Å². The Kier molecular flexibility index (Phi) is 2.27. The first-order chi connectivity index (χ1) is 6.25. The maximum atomic E-state index is 5.74. The number of halogens is 1. The zero-order valence-corrected chi connectivity index (χ0v) is 8.01. The van der Waals surface area contributed by atoms with Gasteiger partial charge in [-0.25, -0.2) is 4.98 Å². The molecule has 0 bridgehead atoms. The molecular formula is C9H12ClN3. The van der Waals surface area contributed by atoms with Gasteiger partial charge in [-0.15, -0.1) is 0 Å². The molecular weight excluding hydrogens is 186 g/mol. The lowest BCUT2D eigenvalue weighted by molar-refractivity contribution is 0.444. The number of nitrogen functional groups attached to an aromatic ring is 1. The van der Waals surface area contributed by atoms with E-state index in [9.17, 15) is 0 Å². The van der Waals surface area contributed by atoms with E-state index in [2.05, 4.69) is 10.3 Å². The summed E-state index contributed by atoms with van der Waals surface area (Å²) in [5, 5.41) is 3.86. The predicted molar refractivity (Wildman–Crippen MR) is 54.9 cm³/mol. The first-order valence-electron chi connectivity index (χ1n) is 4.43. The number of nitrogens with zero attached hydrogens (tertiary/aromatic N) is 1. The van der Waals surface area contributed by atoms with Crippen LogP contribution < -0.4 is 11.1 Å². The summed E-state index contributed by atoms with van der Waals surface area (Å²) in [5.41, 5.74) is 6.36. The van der Waals surface area contributed by atoms with Crippen LogP contribution in [0.4, 0.5) is 11.5 Å². The Hall–Kier alpha value is -0.960. The number of nitrogens with two attached hydrogens (primary N) is 1. The van der Waals surface area contributed by atoms with E-state index in [1.165, 1.54) is 19.3 Å². The van der Waals surface area contributed by atoms with Gasteiger partial charge in [0.2, 0.25) is 0 Å². The topological polar surface area (TPSA) is 50.9 Å². The normalized spacial score (nSPS) is 16.7. The molecule has 3 nitrogen and oxygen atoms in total. The lowest BCUT2D eigenvalue weighted by atomic mass is 9.93. The summed E-state index contributed by atoms with van der Waals surface area (Å²) in [6, 6.07) is 2.27. The zero-order chi connectivity index (χ0) is 9.26. The Bertz CT molecular complexity index is 310. The standard InChI is InChI=1S/C9H12ClN3/c10-6-4-8(11)9(12-5-6)13-7-2-1-3-7/h4-5,7H,1-3,11H2,(H,12,13). The highest BCUT2D eigenvalue weighted by Gasteiger charge is 2.18. The highest BCUT2D eigenvalue weighted by Crippen LogP contribution is 2.26. The zero-order valence-electron chi connectivity index (χ0n) is 7.26. The molecule has 0 spiro atoms. The number of rotatable bonds is 2. The third-order valence-corrected chi connectivity index (χ3v) is 2.54. The molecule has 1 heterocycles. The molecule has 0 aromatic carbocycles. The molecule has 1 aromatic heterocycles. The van der Waals surface area contributed by atoms with Gasteiger partial charge in [-0.1, -0.05) is 11.6 Å². The quantitative estimate of drug-likeness (QED) is 0.765. The molecule has 2 rings (SSSR count). The summed E-state index contributed by atoms with van der Waals surface area (Å²) in [5.74, 6) is 0.758. The molecule has 0 atom stereocenters. The molecule has 0 saturated heterocycles. The van der Waals surface area contributed by atoms with Gasteiger partial charge in [-0.05, 0) is 25.3 Å². The SMILES string of the molecule is Nc1cc(Cl)cnc1NC1CCC1. The second-order valence-electron chi connectivity index (χ2n) is 3.36. The molecule has 0 amide bonds. The Morgan fingerprint density at radius 3 is 2.85 bits per heavy atom. The molecule has 3 N–H and O–H groups in total. The first kappa shape index (κ1) is 8.63. The van der Waals surface area contributed by atoms with Crippen LogP contribution in [0.1, 0.15) is 19.3 Å². The van der Waals surface area contributed by atoms with Crippen LogP contribution in [0.25, 0.3) is 0 Å². The maximum absolute atomic E-state index is 5.74. The van der Waals surface area contributed by atoms with Crippen molar-refractivity contribution in [1.82, 2.24) is 4.98 Å². The van der Waals surface area contributed by atoms with E-state index in [4.69, 9.17) is 17.3 Å². The Morgan fingerprint density at radius 1 is 1.54 bits per heavy atom. The molecule has 1 aliphatic carbocycles. The van der Waals surface area contributed by atoms with Crippen molar-refractivity contribution in [3.05, 3.63) is 17.3 Å². The summed E-state index contributed by atoms with van der Waals surface area (Å²) >= 11 is 5.73. The molecule has 70 valence electrons. The summed E-state index contributed by atoms with van der Waals surface area (Å²) in [6.07, 6.45) is 5.33. The van der Waals surface area contributed by atoms with Gasteiger partial charge in [0.25, 0.3) is 0 Å². The van der Waals surface area contributed by atoms with Crippen molar-refractivity contribution in [3.63, 3.8) is 0 Å². The lowest BCUT2D eigenvalue weighted by Crippen LogP contribution is -2.27. The van der Waals surface area contributed by atoms with Crippen LogP contribution >= 0.6 is 11.6 Å². The van der Waals surface area contributed by atoms with Gasteiger partial charge in [0.05, 0.1) is 10.7 Å². The van der Waals surface area contributed by atoms with Crippen molar-refractivity contribution in [3.8, 4) is 0 Å². The molecule has 13 heavy (non-hydrogen) atoms. The summed E-state index contributed by atoms with van der Waals surface area (Å²) < 4.78 is 0. The molecule has 0 radical (unpaired) electrons. The van der Waals surface area contributed by atoms with Gasteiger partial charge in [0.15, 0.2) is 0 Å². The molecule has 1 aromatic rings. The number of hydrogen-bond donors (Lipinski definition) is 2. The van der Waals surface area contributed by atoms with Gasteiger partial charge in [-0.2, -0.15) is 0 Å². The second kappa shape index (κ2) is 3.42. The number of anilines is 2. The maximum Gasteiger partial charge on any atom is 0.149 e. The predicted octanol–water partition coefficient (Wildman–Crippen LogP) is 2.28. The fourth-order valence-electron chi connectivity index (χ4n) is 1.32. The van der Waals surface area contributed by atoms with Gasteiger partial charge in [0, 0.05) is 12.2 Å². The van der Waals surface area contributed by atoms with Crippen molar-refractivity contribution in [2.24, 2.45) is 0 Å². The minimum absolute atomic E-state index is 0.552. The number of hydrogen-bond acceptors (Lipinski definition) is 3. The second-order valence-corrected chi connectivity index (χ2v) is 3.80. The van der Waals surface area contributed by atoms with Gasteiger partial charge < -0.3 is 11.1 Å². The highest BCUT2D eigenvalue weighted by atomic mass is 35.5. The van der Waals surface area contributed by atoms with Crippen molar-refractivity contribution in [2.45, 2.75) is 25.3 Å². The molecule has 1 saturated carbocycles. The van der Waals surface area contributed by atoms with Crippen molar-refractivity contribution >= 4 is 23.1 Å². The van der Waals surface area contributed by atoms with Crippen LogP contribution in [0.15, 0.2) is 12.3 Å². The van der Waals surface area contributed by atoms with Crippen LogP contribution in [-0.4, -0.2) is 11.0 Å². The largest absolute Gasteiger partial charge is 0.396 e. The minimum atomic E-state index is 0.552. The van der Waals surface area contributed by atoms with E-state index in [-0.39, 0.29) is 0 Å². The molecule has 0 aliphatic heterocycles. The third-order valence-electron chi connectivity index (χ3n) is 2.33. The van der Waals surface area contributed by atoms with Crippen LogP contribution in [0.5, 0.6) is 0 Å². The molecule has 0 unspecified atom stereocenters. The molecule has 1 fully saturated rings. The Balaban J connectivity index is 2.10. The van der Waals surface area contributed by atoms with E-state index in [1.54, 1.807) is 12.3 Å². The van der Waals surface area contributed by atoms with Crippen LogP contribution in [0.2, 0.25) is 5.02 Å². The number of nitrogens with one attached hydrogen (secondary N) is 1. The van der Waals surface area contributed by atoms with Crippen LogP contribution in [0, 0.1) is 0 Å². The van der Waals surface area contributed by atoms with Crippen molar-refractivity contribution in [2.75, 3.05) is 11.1 Å². The van der Waals surface area contributed by atoms with Gasteiger partial charge in [-0.3, -0.25) is 0 Å².